The molecule has 4 heterocycles. The molecule has 1 amide bonds. The molecule has 2 aromatic heterocycles. The number of carbonyl (C=O) groups excluding carboxylic acids is 1. The van der Waals surface area contributed by atoms with Crippen LogP contribution in [0.4, 0.5) is 0 Å². The van der Waals surface area contributed by atoms with E-state index < -0.39 is 0 Å². The van der Waals surface area contributed by atoms with Crippen molar-refractivity contribution in [1.29, 1.82) is 0 Å². The van der Waals surface area contributed by atoms with Crippen LogP contribution >= 0.6 is 11.3 Å². The Morgan fingerprint density at radius 2 is 2.03 bits per heavy atom. The molecule has 162 valence electrons. The zero-order valence-corrected chi connectivity index (χ0v) is 18.5. The fourth-order valence-corrected chi connectivity index (χ4v) is 5.40. The number of amides is 1. The number of nitrogens with one attached hydrogen (secondary N) is 1. The maximum atomic E-state index is 13.0. The summed E-state index contributed by atoms with van der Waals surface area (Å²) in [4.78, 5) is 36.3. The summed E-state index contributed by atoms with van der Waals surface area (Å²) in [5, 5.41) is 5.80. The van der Waals surface area contributed by atoms with E-state index in [4.69, 9.17) is 0 Å². The van der Waals surface area contributed by atoms with Crippen LogP contribution in [0.5, 0.6) is 0 Å². The molecule has 1 aromatic carbocycles. The van der Waals surface area contributed by atoms with Gasteiger partial charge in [-0.2, -0.15) is 0 Å². The molecular formula is C23H27N5O2S. The summed E-state index contributed by atoms with van der Waals surface area (Å²) in [7, 11) is 2.15. The Bertz CT molecular complexity index is 1150. The standard InChI is InChI=1S/C23H27N5O2S/c1-26-9-11-27(12-10-26)19(20-4-3-13-31-20)15-24-22(29)16-6-7-17-18(14-16)25-21-5-2-8-28(21)23(17)30/h3-4,6-7,13-14,19H,2,5,8-12,15H2,1H3,(H,24,29). The Balaban J connectivity index is 1.34. The smallest absolute Gasteiger partial charge is 0.261 e. The maximum Gasteiger partial charge on any atom is 0.261 e. The van der Waals surface area contributed by atoms with Crippen molar-refractivity contribution in [3.63, 3.8) is 0 Å². The van der Waals surface area contributed by atoms with Gasteiger partial charge in [0.25, 0.3) is 11.5 Å². The molecule has 1 unspecified atom stereocenters. The Labute approximate surface area is 185 Å². The monoisotopic (exact) mass is 437 g/mol. The van der Waals surface area contributed by atoms with Crippen LogP contribution in [-0.2, 0) is 13.0 Å². The minimum Gasteiger partial charge on any atom is -0.350 e. The van der Waals surface area contributed by atoms with E-state index in [9.17, 15) is 9.59 Å². The van der Waals surface area contributed by atoms with E-state index >= 15 is 0 Å². The first-order valence-electron chi connectivity index (χ1n) is 10.9. The highest BCUT2D eigenvalue weighted by atomic mass is 32.1. The predicted octanol–water partition coefficient (Wildman–Crippen LogP) is 2.12. The first-order chi connectivity index (χ1) is 15.1. The number of fused-ring (bicyclic) bond motifs is 2. The third-order valence-corrected chi connectivity index (χ3v) is 7.36. The number of aryl methyl sites for hydroxylation is 1. The largest absolute Gasteiger partial charge is 0.350 e. The maximum absolute atomic E-state index is 13.0. The number of carbonyl (C=O) groups is 1. The van der Waals surface area contributed by atoms with Gasteiger partial charge in [-0.15, -0.1) is 11.3 Å². The normalized spacial score (nSPS) is 18.2. The van der Waals surface area contributed by atoms with Crippen LogP contribution in [0.25, 0.3) is 10.9 Å². The number of aromatic nitrogens is 2. The second kappa shape index (κ2) is 8.53. The van der Waals surface area contributed by atoms with Gasteiger partial charge in [-0.05, 0) is 43.1 Å². The highest BCUT2D eigenvalue weighted by Gasteiger charge is 2.25. The van der Waals surface area contributed by atoms with E-state index in [0.717, 1.165) is 51.4 Å². The van der Waals surface area contributed by atoms with Gasteiger partial charge in [0.15, 0.2) is 0 Å². The summed E-state index contributed by atoms with van der Waals surface area (Å²) >= 11 is 1.73. The molecule has 0 spiro atoms. The second-order valence-electron chi connectivity index (χ2n) is 8.40. The molecule has 1 atom stereocenters. The van der Waals surface area contributed by atoms with Gasteiger partial charge in [0.1, 0.15) is 5.82 Å². The second-order valence-corrected chi connectivity index (χ2v) is 9.38. The fraction of sp³-hybridized carbons (Fsp3) is 0.435. The molecule has 7 nitrogen and oxygen atoms in total. The zero-order valence-electron chi connectivity index (χ0n) is 17.7. The molecule has 8 heteroatoms. The van der Waals surface area contributed by atoms with Gasteiger partial charge in [-0.1, -0.05) is 6.07 Å². The number of likely N-dealkylation sites (N-methyl/N-ethyl adjacent to an activating group) is 1. The van der Waals surface area contributed by atoms with E-state index in [1.54, 1.807) is 34.1 Å². The number of nitrogens with zero attached hydrogens (tertiary/aromatic N) is 4. The molecule has 1 saturated heterocycles. The summed E-state index contributed by atoms with van der Waals surface area (Å²) in [5.41, 5.74) is 1.16. The van der Waals surface area contributed by atoms with Crippen LogP contribution in [0.1, 0.15) is 33.5 Å². The number of thiophene rings is 1. The van der Waals surface area contributed by atoms with E-state index in [2.05, 4.69) is 44.7 Å². The van der Waals surface area contributed by atoms with Gasteiger partial charge in [-0.25, -0.2) is 4.98 Å². The highest BCUT2D eigenvalue weighted by Crippen LogP contribution is 2.26. The van der Waals surface area contributed by atoms with Gasteiger partial charge >= 0.3 is 0 Å². The number of piperazine rings is 1. The Morgan fingerprint density at radius 3 is 2.81 bits per heavy atom. The van der Waals surface area contributed by atoms with Crippen molar-refractivity contribution in [2.45, 2.75) is 25.4 Å². The van der Waals surface area contributed by atoms with E-state index in [-0.39, 0.29) is 17.5 Å². The zero-order chi connectivity index (χ0) is 21.4. The molecule has 2 aliphatic heterocycles. The molecule has 2 aliphatic rings. The number of hydrogen-bond acceptors (Lipinski definition) is 6. The van der Waals surface area contributed by atoms with Gasteiger partial charge < -0.3 is 10.2 Å². The van der Waals surface area contributed by atoms with Crippen molar-refractivity contribution in [2.75, 3.05) is 39.8 Å². The first kappa shape index (κ1) is 20.4. The molecular weight excluding hydrogens is 410 g/mol. The average Bonchev–Trinajstić information content (AvgIpc) is 3.47. The molecule has 0 radical (unpaired) electrons. The van der Waals surface area contributed by atoms with E-state index in [1.165, 1.54) is 4.88 Å². The molecule has 1 fully saturated rings. The lowest BCUT2D eigenvalue weighted by molar-refractivity contribution is 0.0890. The Kier molecular flexibility index (Phi) is 5.60. The minimum absolute atomic E-state index is 0.00251. The van der Waals surface area contributed by atoms with Crippen molar-refractivity contribution >= 4 is 28.1 Å². The third kappa shape index (κ3) is 4.03. The third-order valence-electron chi connectivity index (χ3n) is 6.38. The molecule has 0 bridgehead atoms. The highest BCUT2D eigenvalue weighted by molar-refractivity contribution is 7.10. The van der Waals surface area contributed by atoms with Crippen molar-refractivity contribution in [3.05, 3.63) is 62.3 Å². The van der Waals surface area contributed by atoms with Gasteiger partial charge in [0, 0.05) is 56.1 Å². The summed E-state index contributed by atoms with van der Waals surface area (Å²) in [6.45, 7) is 5.34. The van der Waals surface area contributed by atoms with Gasteiger partial charge in [0.2, 0.25) is 0 Å². The Morgan fingerprint density at radius 1 is 1.19 bits per heavy atom. The van der Waals surface area contributed by atoms with Crippen LogP contribution < -0.4 is 10.9 Å². The van der Waals surface area contributed by atoms with Crippen molar-refractivity contribution < 1.29 is 4.79 Å². The van der Waals surface area contributed by atoms with Crippen molar-refractivity contribution in [3.8, 4) is 0 Å². The SMILES string of the molecule is CN1CCN(C(CNC(=O)c2ccc3c(=O)n4c(nc3c2)CCC4)c2cccs2)CC1. The van der Waals surface area contributed by atoms with E-state index in [0.29, 0.717) is 23.0 Å². The molecule has 5 rings (SSSR count). The summed E-state index contributed by atoms with van der Waals surface area (Å²) in [6, 6.07) is 9.61. The number of hydrogen-bond donors (Lipinski definition) is 1. The number of benzene rings is 1. The van der Waals surface area contributed by atoms with Gasteiger partial charge in [-0.3, -0.25) is 19.1 Å². The van der Waals surface area contributed by atoms with Crippen molar-refractivity contribution in [2.24, 2.45) is 0 Å². The van der Waals surface area contributed by atoms with E-state index in [1.807, 2.05) is 0 Å². The molecule has 3 aromatic rings. The summed E-state index contributed by atoms with van der Waals surface area (Å²) in [5.74, 6) is 0.697. The topological polar surface area (TPSA) is 70.5 Å². The van der Waals surface area contributed by atoms with Crippen LogP contribution in [0.2, 0.25) is 0 Å². The summed E-state index contributed by atoms with van der Waals surface area (Å²) in [6.07, 6.45) is 1.76. The summed E-state index contributed by atoms with van der Waals surface area (Å²) < 4.78 is 1.75. The quantitative estimate of drug-likeness (QED) is 0.662. The van der Waals surface area contributed by atoms with Crippen LogP contribution in [0.3, 0.4) is 0 Å². The molecule has 0 saturated carbocycles. The first-order valence-corrected chi connectivity index (χ1v) is 11.8. The average molecular weight is 438 g/mol. The van der Waals surface area contributed by atoms with Crippen LogP contribution in [0, 0.1) is 0 Å². The lowest BCUT2D eigenvalue weighted by atomic mass is 10.1. The predicted molar refractivity (Wildman–Crippen MR) is 123 cm³/mol. The van der Waals surface area contributed by atoms with Crippen LogP contribution in [-0.4, -0.2) is 65.0 Å². The number of rotatable bonds is 5. The molecule has 1 N–H and O–H groups in total. The van der Waals surface area contributed by atoms with Crippen LogP contribution in [0.15, 0.2) is 40.5 Å². The lowest BCUT2D eigenvalue weighted by Crippen LogP contribution is -2.48. The lowest BCUT2D eigenvalue weighted by Gasteiger charge is -2.37. The molecule has 31 heavy (non-hydrogen) atoms. The minimum atomic E-state index is -0.125. The van der Waals surface area contributed by atoms with Crippen molar-refractivity contribution in [1.82, 2.24) is 24.7 Å². The molecule has 0 aliphatic carbocycles. The van der Waals surface area contributed by atoms with Gasteiger partial charge in [0.05, 0.1) is 16.9 Å². The Hall–Kier alpha value is -2.55. The fourth-order valence-electron chi connectivity index (χ4n) is 4.54.